The lowest BCUT2D eigenvalue weighted by atomic mass is 9.95. The van der Waals surface area contributed by atoms with Gasteiger partial charge in [0.1, 0.15) is 35.5 Å². The van der Waals surface area contributed by atoms with E-state index in [-0.39, 0.29) is 68.5 Å². The summed E-state index contributed by atoms with van der Waals surface area (Å²) >= 11 is 6.79. The van der Waals surface area contributed by atoms with E-state index in [1.807, 2.05) is 9.80 Å². The number of benzene rings is 2. The third-order valence-electron chi connectivity index (χ3n) is 12.0. The van der Waals surface area contributed by atoms with E-state index in [1.54, 1.807) is 49.9 Å². The van der Waals surface area contributed by atoms with Crippen LogP contribution in [0.1, 0.15) is 69.6 Å². The molecular formula is C42H46ClF6N7O4. The predicted molar refractivity (Wildman–Crippen MR) is 213 cm³/mol. The Morgan fingerprint density at radius 3 is 2.37 bits per heavy atom. The van der Waals surface area contributed by atoms with Gasteiger partial charge in [0.25, 0.3) is 0 Å². The molecule has 2 unspecified atom stereocenters. The van der Waals surface area contributed by atoms with Gasteiger partial charge in [0, 0.05) is 43.5 Å². The van der Waals surface area contributed by atoms with Crippen LogP contribution in [0.3, 0.4) is 0 Å². The van der Waals surface area contributed by atoms with Crippen molar-refractivity contribution in [1.82, 2.24) is 24.8 Å². The third kappa shape index (κ3) is 7.82. The van der Waals surface area contributed by atoms with E-state index >= 15 is 8.78 Å². The zero-order chi connectivity index (χ0) is 42.9. The number of hydrogen-bond acceptors (Lipinski definition) is 10. The molecule has 4 aromatic rings. The molecule has 0 radical (unpaired) electrons. The number of carbonyl (C=O) groups excluding carboxylic acids is 1. The first-order valence-corrected chi connectivity index (χ1v) is 20.4. The highest BCUT2D eigenvalue weighted by Crippen LogP contribution is 2.47. The van der Waals surface area contributed by atoms with E-state index in [9.17, 15) is 22.4 Å². The van der Waals surface area contributed by atoms with Crippen molar-refractivity contribution in [1.29, 1.82) is 0 Å². The molecule has 0 spiro atoms. The second-order valence-electron chi connectivity index (χ2n) is 17.1. The normalized spacial score (nSPS) is 23.0. The molecule has 4 atom stereocenters. The number of methoxy groups -OCH3 is 1. The summed E-state index contributed by atoms with van der Waals surface area (Å²) in [6, 6.07) is 7.15. The fraction of sp³-hybridized carbons (Fsp3) is 0.524. The highest BCUT2D eigenvalue weighted by atomic mass is 35.5. The molecule has 2 aromatic heterocycles. The number of fused-ring (bicyclic) bond motifs is 4. The number of amides is 1. The first kappa shape index (κ1) is 41.9. The second kappa shape index (κ2) is 15.6. The maximum atomic E-state index is 17.4. The van der Waals surface area contributed by atoms with Gasteiger partial charge in [-0.3, -0.25) is 9.80 Å². The molecule has 6 heterocycles. The van der Waals surface area contributed by atoms with Gasteiger partial charge in [-0.2, -0.15) is 23.1 Å². The summed E-state index contributed by atoms with van der Waals surface area (Å²) in [5, 5.41) is 2.39. The fourth-order valence-corrected chi connectivity index (χ4v) is 9.56. The largest absolute Gasteiger partial charge is 0.497 e. The molecule has 8 rings (SSSR count). The minimum atomic E-state index is -5.17. The van der Waals surface area contributed by atoms with Crippen LogP contribution in [0.15, 0.2) is 30.3 Å². The number of ether oxygens (including phenoxy) is 3. The SMILES string of the molecule is COc1ccc(CNc2nc(-c3c(Cl)cc4c(N5CC6CCC(C5)N6C(=O)OC(C)(C)C)nc(OC[C@@]56CCCN5C[C@H](F)C6)nc4c3F)c(C(F)(F)F)c(C)c2F)cc1. The van der Waals surface area contributed by atoms with Crippen LogP contribution in [0, 0.1) is 18.6 Å². The van der Waals surface area contributed by atoms with Crippen LogP contribution in [-0.2, 0) is 17.5 Å². The standard InChI is InChI=1S/C42H46ClF6N7O4/c1-22-31(42(47,48)49)35(51-36(32(22)45)50-17-23-7-11-27(58-5)12-8-23)30-29(43)15-28-34(33(30)46)52-38(59-21-41-13-6-14-55(41)18-24(44)16-41)53-37(28)54-19-25-9-10-26(20-54)56(25)39(57)60-40(2,3)4/h7-8,11-12,15,24-26H,6,9-10,13-14,16-21H2,1-5H3,(H,50,51)/t24-,25?,26?,41+/m1/s1. The van der Waals surface area contributed by atoms with Gasteiger partial charge in [-0.05, 0) is 83.7 Å². The lowest BCUT2D eigenvalue weighted by molar-refractivity contribution is -0.137. The maximum absolute atomic E-state index is 17.4. The molecule has 1 amide bonds. The van der Waals surface area contributed by atoms with Gasteiger partial charge in [-0.25, -0.2) is 22.9 Å². The van der Waals surface area contributed by atoms with Gasteiger partial charge < -0.3 is 24.4 Å². The van der Waals surface area contributed by atoms with Crippen LogP contribution in [0.5, 0.6) is 11.8 Å². The monoisotopic (exact) mass is 861 g/mol. The van der Waals surface area contributed by atoms with Crippen molar-refractivity contribution in [3.8, 4) is 23.0 Å². The second-order valence-corrected chi connectivity index (χ2v) is 17.5. The van der Waals surface area contributed by atoms with Crippen LogP contribution < -0.4 is 19.7 Å². The van der Waals surface area contributed by atoms with Gasteiger partial charge in [-0.1, -0.05) is 23.7 Å². The highest BCUT2D eigenvalue weighted by molar-refractivity contribution is 6.34. The average molecular weight is 862 g/mol. The number of alkyl halides is 4. The number of nitrogens with zero attached hydrogens (tertiary/aromatic N) is 6. The van der Waals surface area contributed by atoms with Crippen LogP contribution >= 0.6 is 11.6 Å². The minimum absolute atomic E-state index is 0.00172. The molecule has 322 valence electrons. The van der Waals surface area contributed by atoms with Crippen LogP contribution in [0.4, 0.5) is 42.8 Å². The molecule has 4 aliphatic heterocycles. The van der Waals surface area contributed by atoms with Crippen molar-refractivity contribution >= 4 is 40.2 Å². The summed E-state index contributed by atoms with van der Waals surface area (Å²) in [4.78, 5) is 32.2. The van der Waals surface area contributed by atoms with E-state index in [1.165, 1.54) is 13.2 Å². The van der Waals surface area contributed by atoms with Crippen LogP contribution in [0.2, 0.25) is 5.02 Å². The summed E-state index contributed by atoms with van der Waals surface area (Å²) in [6.45, 7) is 7.76. The average Bonchev–Trinajstić information content (AvgIpc) is 3.80. The first-order chi connectivity index (χ1) is 28.4. The maximum Gasteiger partial charge on any atom is 0.418 e. The molecule has 11 nitrogen and oxygen atoms in total. The summed E-state index contributed by atoms with van der Waals surface area (Å²) in [5.41, 5.74) is -5.09. The fourth-order valence-electron chi connectivity index (χ4n) is 9.27. The molecular weight excluding hydrogens is 816 g/mol. The zero-order valence-electron chi connectivity index (χ0n) is 33.9. The predicted octanol–water partition coefficient (Wildman–Crippen LogP) is 9.11. The molecule has 2 bridgehead atoms. The number of anilines is 2. The van der Waals surface area contributed by atoms with Crippen LogP contribution in [0.25, 0.3) is 22.2 Å². The first-order valence-electron chi connectivity index (χ1n) is 20.0. The van der Waals surface area contributed by atoms with Crippen molar-refractivity contribution in [2.24, 2.45) is 0 Å². The molecule has 0 saturated carbocycles. The number of nitrogens with one attached hydrogen (secondary N) is 1. The summed E-state index contributed by atoms with van der Waals surface area (Å²) in [5.74, 6) is -2.30. The van der Waals surface area contributed by atoms with Gasteiger partial charge in [0.2, 0.25) is 0 Å². The molecule has 4 aliphatic rings. The number of carbonyl (C=O) groups is 1. The van der Waals surface area contributed by atoms with Gasteiger partial charge in [-0.15, -0.1) is 0 Å². The number of piperazine rings is 1. The van der Waals surface area contributed by atoms with Crippen molar-refractivity contribution in [3.63, 3.8) is 0 Å². The summed E-state index contributed by atoms with van der Waals surface area (Å²) in [6.07, 6.45) is -3.60. The van der Waals surface area contributed by atoms with E-state index < -0.39 is 80.0 Å². The molecule has 4 fully saturated rings. The van der Waals surface area contributed by atoms with E-state index in [4.69, 9.17) is 30.8 Å². The Morgan fingerprint density at radius 1 is 1.02 bits per heavy atom. The number of pyridine rings is 1. The molecule has 4 saturated heterocycles. The Morgan fingerprint density at radius 2 is 1.72 bits per heavy atom. The Labute approximate surface area is 348 Å². The Kier molecular flexibility index (Phi) is 10.9. The lowest BCUT2D eigenvalue weighted by Gasteiger charge is -2.42. The van der Waals surface area contributed by atoms with Crippen molar-refractivity contribution in [2.45, 2.75) is 102 Å². The van der Waals surface area contributed by atoms with E-state index in [2.05, 4.69) is 15.3 Å². The molecule has 18 heteroatoms. The minimum Gasteiger partial charge on any atom is -0.497 e. The number of rotatable bonds is 9. The van der Waals surface area contributed by atoms with Crippen molar-refractivity contribution < 1.29 is 45.3 Å². The number of hydrogen-bond donors (Lipinski definition) is 1. The Balaban J connectivity index is 1.23. The molecule has 0 aliphatic carbocycles. The zero-order valence-corrected chi connectivity index (χ0v) is 34.6. The van der Waals surface area contributed by atoms with E-state index in [0.29, 0.717) is 37.1 Å². The topological polar surface area (TPSA) is 105 Å². The van der Waals surface area contributed by atoms with Crippen molar-refractivity contribution in [2.75, 3.05) is 50.1 Å². The Bertz CT molecular complexity index is 2300. The highest BCUT2D eigenvalue weighted by Gasteiger charge is 2.50. The van der Waals surface area contributed by atoms with Crippen LogP contribution in [-0.4, -0.2) is 100 Å². The van der Waals surface area contributed by atoms with Gasteiger partial charge in [0.05, 0.1) is 46.6 Å². The molecule has 1 N–H and O–H groups in total. The van der Waals surface area contributed by atoms with Crippen molar-refractivity contribution in [3.05, 3.63) is 63.7 Å². The Hall–Kier alpha value is -4.77. The van der Waals surface area contributed by atoms with Gasteiger partial charge >= 0.3 is 18.3 Å². The summed E-state index contributed by atoms with van der Waals surface area (Å²) < 4.78 is 110. The third-order valence-corrected chi connectivity index (χ3v) is 12.3. The number of halogens is 7. The van der Waals surface area contributed by atoms with E-state index in [0.717, 1.165) is 13.3 Å². The summed E-state index contributed by atoms with van der Waals surface area (Å²) in [7, 11) is 1.50. The lowest BCUT2D eigenvalue weighted by Crippen LogP contribution is -2.57. The molecule has 60 heavy (non-hydrogen) atoms. The number of aromatic nitrogens is 3. The smallest absolute Gasteiger partial charge is 0.418 e. The quantitative estimate of drug-likeness (QED) is 0.164. The van der Waals surface area contributed by atoms with Gasteiger partial charge in [0.15, 0.2) is 17.5 Å². The molecule has 2 aromatic carbocycles.